The number of halogens is 1. The summed E-state index contributed by atoms with van der Waals surface area (Å²) in [5.41, 5.74) is 2.81. The van der Waals surface area contributed by atoms with Gasteiger partial charge in [0.1, 0.15) is 6.04 Å². The van der Waals surface area contributed by atoms with Gasteiger partial charge >= 0.3 is 5.97 Å². The van der Waals surface area contributed by atoms with Crippen molar-refractivity contribution in [3.8, 4) is 0 Å². The van der Waals surface area contributed by atoms with Gasteiger partial charge in [0, 0.05) is 35.5 Å². The number of fused-ring (bicyclic) bond motifs is 1. The highest BCUT2D eigenvalue weighted by Crippen LogP contribution is 2.68. The molecule has 1 aromatic rings. The van der Waals surface area contributed by atoms with Crippen molar-refractivity contribution in [1.29, 1.82) is 0 Å². The molecule has 3 heterocycles. The summed E-state index contributed by atoms with van der Waals surface area (Å²) < 4.78 is 4.86. The number of ether oxygens (including phenoxy) is 1. The molecule has 3 aliphatic heterocycles. The number of rotatable bonds is 13. The van der Waals surface area contributed by atoms with Gasteiger partial charge in [-0.25, -0.2) is 0 Å². The second-order valence-corrected chi connectivity index (χ2v) is 13.5. The maximum absolute atomic E-state index is 14.7. The highest BCUT2D eigenvalue weighted by atomic mass is 79.9. The second-order valence-electron chi connectivity index (χ2n) is 10.8. The van der Waals surface area contributed by atoms with Crippen molar-refractivity contribution in [2.45, 2.75) is 66.8 Å². The van der Waals surface area contributed by atoms with E-state index in [1.54, 1.807) is 33.7 Å². The third kappa shape index (κ3) is 5.46. The van der Waals surface area contributed by atoms with Gasteiger partial charge in [0.05, 0.1) is 23.2 Å². The number of carbonyl (C=O) groups excluding carboxylic acids is 3. The molecule has 6 atom stereocenters. The number of aliphatic hydroxyl groups excluding tert-OH is 1. The molecule has 0 aliphatic carbocycles. The lowest BCUT2D eigenvalue weighted by atomic mass is 9.71. The molecule has 0 saturated carbocycles. The van der Waals surface area contributed by atoms with Gasteiger partial charge < -0.3 is 19.6 Å². The number of benzene rings is 1. The number of likely N-dealkylation sites (tertiary alicyclic amines) is 1. The van der Waals surface area contributed by atoms with Crippen molar-refractivity contribution in [3.05, 3.63) is 54.6 Å². The Kier molecular flexibility index (Phi) is 9.65. The summed E-state index contributed by atoms with van der Waals surface area (Å²) in [6.45, 7) is 12.6. The van der Waals surface area contributed by atoms with Gasteiger partial charge in [-0.05, 0) is 63.1 Å². The van der Waals surface area contributed by atoms with E-state index in [-0.39, 0.29) is 41.1 Å². The summed E-state index contributed by atoms with van der Waals surface area (Å²) in [5, 5.41) is 9.13. The molecular weight excluding hydrogens is 580 g/mol. The van der Waals surface area contributed by atoms with E-state index < -0.39 is 22.6 Å². The normalized spacial score (nSPS) is 28.9. The van der Waals surface area contributed by atoms with Crippen LogP contribution in [0, 0.1) is 25.7 Å². The Morgan fingerprint density at radius 1 is 1.26 bits per heavy atom. The molecule has 4 rings (SSSR count). The molecule has 0 aromatic heterocycles. The number of aliphatic hydroxyl groups is 1. The fourth-order valence-electron chi connectivity index (χ4n) is 6.42. The molecule has 1 spiro atoms. The lowest BCUT2D eigenvalue weighted by Gasteiger charge is -2.38. The average molecular weight is 620 g/mol. The quantitative estimate of drug-likeness (QED) is 0.151. The number of esters is 1. The van der Waals surface area contributed by atoms with Gasteiger partial charge in [0.2, 0.25) is 5.91 Å². The van der Waals surface area contributed by atoms with Crippen LogP contribution in [0.3, 0.4) is 0 Å². The summed E-state index contributed by atoms with van der Waals surface area (Å²) in [7, 11) is 0. The maximum atomic E-state index is 14.7. The van der Waals surface area contributed by atoms with Crippen molar-refractivity contribution >= 4 is 51.2 Å². The Bertz CT molecular complexity index is 1130. The van der Waals surface area contributed by atoms with Crippen LogP contribution in [0.25, 0.3) is 0 Å². The number of aryl methyl sites for hydroxylation is 2. The highest BCUT2D eigenvalue weighted by molar-refractivity contribution is 9.09. The number of amides is 2. The van der Waals surface area contributed by atoms with Gasteiger partial charge in [-0.1, -0.05) is 40.2 Å². The van der Waals surface area contributed by atoms with Crippen molar-refractivity contribution in [3.63, 3.8) is 0 Å². The first-order valence-corrected chi connectivity index (χ1v) is 15.5. The summed E-state index contributed by atoms with van der Waals surface area (Å²) in [4.78, 5) is 45.7. The first kappa shape index (κ1) is 29.9. The van der Waals surface area contributed by atoms with E-state index in [0.717, 1.165) is 23.2 Å². The largest absolute Gasteiger partial charge is 0.465 e. The van der Waals surface area contributed by atoms with Crippen molar-refractivity contribution in [2.75, 3.05) is 31.2 Å². The number of hydrogen-bond acceptors (Lipinski definition) is 6. The number of thioether (sulfide) groups is 1. The van der Waals surface area contributed by atoms with E-state index >= 15 is 0 Å². The topological polar surface area (TPSA) is 87.2 Å². The van der Waals surface area contributed by atoms with Gasteiger partial charge in [-0.2, -0.15) is 0 Å². The maximum Gasteiger partial charge on any atom is 0.310 e. The molecule has 3 fully saturated rings. The molecule has 39 heavy (non-hydrogen) atoms. The summed E-state index contributed by atoms with van der Waals surface area (Å²) >= 11 is 5.41. The van der Waals surface area contributed by atoms with Gasteiger partial charge in [-0.3, -0.25) is 14.4 Å². The number of anilines is 1. The van der Waals surface area contributed by atoms with E-state index in [4.69, 9.17) is 4.74 Å². The molecule has 2 bridgehead atoms. The Balaban J connectivity index is 1.75. The van der Waals surface area contributed by atoms with E-state index in [9.17, 15) is 19.5 Å². The van der Waals surface area contributed by atoms with Crippen molar-refractivity contribution in [2.24, 2.45) is 11.8 Å². The molecule has 7 nitrogen and oxygen atoms in total. The summed E-state index contributed by atoms with van der Waals surface area (Å²) in [6, 6.07) is 5.30. The summed E-state index contributed by atoms with van der Waals surface area (Å²) in [5.74, 6) is -1.89. The Morgan fingerprint density at radius 2 is 2.03 bits per heavy atom. The van der Waals surface area contributed by atoms with Crippen LogP contribution in [0.5, 0.6) is 0 Å². The molecule has 1 aromatic carbocycles. The molecular formula is C30H39BrN2O5S. The van der Waals surface area contributed by atoms with E-state index in [2.05, 4.69) is 29.1 Å². The van der Waals surface area contributed by atoms with Crippen LogP contribution >= 0.6 is 27.7 Å². The van der Waals surface area contributed by atoms with Crippen LogP contribution in [-0.2, 0) is 19.1 Å². The predicted octanol–water partition coefficient (Wildman–Crippen LogP) is 4.57. The molecule has 212 valence electrons. The minimum Gasteiger partial charge on any atom is -0.465 e. The highest BCUT2D eigenvalue weighted by Gasteiger charge is 2.76. The van der Waals surface area contributed by atoms with Gasteiger partial charge in [0.25, 0.3) is 5.91 Å². The fourth-order valence-corrected chi connectivity index (χ4v) is 10.0. The lowest BCUT2D eigenvalue weighted by molar-refractivity contribution is -0.154. The Morgan fingerprint density at radius 3 is 2.72 bits per heavy atom. The second kappa shape index (κ2) is 12.6. The fraction of sp³-hybridized carbons (Fsp3) is 0.567. The molecule has 9 heteroatoms. The van der Waals surface area contributed by atoms with E-state index in [1.165, 1.54) is 0 Å². The SMILES string of the molecule is C=CCCOC(=O)[C@H]1[C@@H]2SC3(CC2Br)C(C(=O)N(CC=C)c2cc(C)ccc2C)N(CCCCCO)C(=O)[C@H]13. The third-order valence-corrected chi connectivity index (χ3v) is 11.4. The third-order valence-electron chi connectivity index (χ3n) is 8.15. The van der Waals surface area contributed by atoms with Crippen LogP contribution < -0.4 is 4.90 Å². The van der Waals surface area contributed by atoms with E-state index in [1.807, 2.05) is 32.0 Å². The standard InChI is InChI=1S/C30H39BrN2O5S/c1-5-7-16-38-29(37)23-24-27(35)33(14-9-8-10-15-34)26(30(24)18-21(31)25(23)39-30)28(36)32(13-6-2)22-17-19(3)11-12-20(22)4/h5-6,11-12,17,21,23-26,34H,1-2,7-10,13-16,18H2,3-4H3/t21?,23-,24+,25-,26?,30?/m1/s1. The summed E-state index contributed by atoms with van der Waals surface area (Å²) in [6.07, 6.45) is 6.63. The molecule has 3 unspecified atom stereocenters. The van der Waals surface area contributed by atoms with Crippen molar-refractivity contribution < 1.29 is 24.2 Å². The number of nitrogens with zero attached hydrogens (tertiary/aromatic N) is 2. The van der Waals surface area contributed by atoms with Crippen LogP contribution in [0.2, 0.25) is 0 Å². The number of alkyl halides is 1. The number of hydrogen-bond donors (Lipinski definition) is 1. The minimum absolute atomic E-state index is 0.0123. The monoisotopic (exact) mass is 618 g/mol. The Labute approximate surface area is 244 Å². The first-order chi connectivity index (χ1) is 18.7. The zero-order valence-electron chi connectivity index (χ0n) is 22.8. The number of unbranched alkanes of at least 4 members (excludes halogenated alkanes) is 2. The smallest absolute Gasteiger partial charge is 0.310 e. The van der Waals surface area contributed by atoms with Crippen LogP contribution in [0.4, 0.5) is 5.69 Å². The lowest BCUT2D eigenvalue weighted by Crippen LogP contribution is -2.55. The predicted molar refractivity (Wildman–Crippen MR) is 159 cm³/mol. The van der Waals surface area contributed by atoms with Crippen molar-refractivity contribution in [1.82, 2.24) is 4.90 Å². The molecule has 0 radical (unpaired) electrons. The van der Waals surface area contributed by atoms with Crippen LogP contribution in [-0.4, -0.2) is 75.0 Å². The molecule has 3 aliphatic rings. The number of carbonyl (C=O) groups is 3. The molecule has 2 amide bonds. The molecule has 1 N–H and O–H groups in total. The van der Waals surface area contributed by atoms with Gasteiger partial charge in [0.15, 0.2) is 0 Å². The van der Waals surface area contributed by atoms with E-state index in [0.29, 0.717) is 38.8 Å². The van der Waals surface area contributed by atoms with Crippen LogP contribution in [0.1, 0.15) is 43.2 Å². The van der Waals surface area contributed by atoms with Gasteiger partial charge in [-0.15, -0.1) is 24.9 Å². The minimum atomic E-state index is -0.733. The zero-order chi connectivity index (χ0) is 28.3. The zero-order valence-corrected chi connectivity index (χ0v) is 25.2. The average Bonchev–Trinajstić information content (AvgIpc) is 3.50. The Hall–Kier alpha value is -2.10. The molecule has 3 saturated heterocycles. The first-order valence-electron chi connectivity index (χ1n) is 13.7. The van der Waals surface area contributed by atoms with Crippen LogP contribution in [0.15, 0.2) is 43.5 Å².